The van der Waals surface area contributed by atoms with Crippen molar-refractivity contribution in [2.45, 2.75) is 44.7 Å². The molecule has 5 nitrogen and oxygen atoms in total. The number of hydrogen-bond donors (Lipinski definition) is 0. The van der Waals surface area contributed by atoms with Gasteiger partial charge in [0.05, 0.1) is 12.6 Å². The van der Waals surface area contributed by atoms with Crippen molar-refractivity contribution < 1.29 is 14.3 Å². The molecule has 3 aliphatic rings. The summed E-state index contributed by atoms with van der Waals surface area (Å²) in [4.78, 5) is 17.8. The van der Waals surface area contributed by atoms with Crippen molar-refractivity contribution in [3.05, 3.63) is 59.2 Å². The van der Waals surface area contributed by atoms with Gasteiger partial charge in [0.2, 0.25) is 5.91 Å². The number of carbonyl (C=O) groups is 1. The van der Waals surface area contributed by atoms with Crippen LogP contribution in [0.2, 0.25) is 0 Å². The fourth-order valence-corrected chi connectivity index (χ4v) is 5.21. The highest BCUT2D eigenvalue weighted by molar-refractivity contribution is 5.79. The van der Waals surface area contributed by atoms with Gasteiger partial charge in [0.25, 0.3) is 0 Å². The number of ether oxygens (including phenoxy) is 2. The summed E-state index contributed by atoms with van der Waals surface area (Å²) in [6.45, 7) is 5.64. The Balaban J connectivity index is 1.30. The van der Waals surface area contributed by atoms with E-state index in [0.29, 0.717) is 25.8 Å². The SMILES string of the molecule is Cc1cccc(C2CCCN2CC(=O)N2CCCC2c2ccc3c(c2)OCCO3)c1. The largest absolute Gasteiger partial charge is 0.486 e. The second-order valence-electron chi connectivity index (χ2n) is 8.69. The summed E-state index contributed by atoms with van der Waals surface area (Å²) in [5, 5.41) is 0. The Labute approximate surface area is 178 Å². The average Bonchev–Trinajstić information content (AvgIpc) is 3.43. The van der Waals surface area contributed by atoms with Gasteiger partial charge in [0, 0.05) is 12.6 Å². The van der Waals surface area contributed by atoms with Crippen molar-refractivity contribution in [3.63, 3.8) is 0 Å². The molecule has 3 aliphatic heterocycles. The predicted molar refractivity (Wildman–Crippen MR) is 116 cm³/mol. The first kappa shape index (κ1) is 19.4. The number of amides is 1. The number of carbonyl (C=O) groups excluding carboxylic acids is 1. The lowest BCUT2D eigenvalue weighted by Gasteiger charge is -2.30. The number of hydrogen-bond acceptors (Lipinski definition) is 4. The fraction of sp³-hybridized carbons (Fsp3) is 0.480. The number of nitrogens with zero attached hydrogens (tertiary/aromatic N) is 2. The van der Waals surface area contributed by atoms with E-state index in [1.54, 1.807) is 0 Å². The molecule has 2 unspecified atom stereocenters. The summed E-state index contributed by atoms with van der Waals surface area (Å²) in [5.74, 6) is 1.85. The number of likely N-dealkylation sites (tertiary alicyclic amines) is 2. The van der Waals surface area contributed by atoms with Gasteiger partial charge >= 0.3 is 0 Å². The Bertz CT molecular complexity index is 928. The molecule has 0 aliphatic carbocycles. The minimum absolute atomic E-state index is 0.133. The molecular formula is C25H30N2O3. The minimum Gasteiger partial charge on any atom is -0.486 e. The lowest BCUT2D eigenvalue weighted by atomic mass is 10.0. The highest BCUT2D eigenvalue weighted by atomic mass is 16.6. The van der Waals surface area contributed by atoms with Gasteiger partial charge in [-0.1, -0.05) is 35.9 Å². The Kier molecular flexibility index (Phi) is 5.38. The van der Waals surface area contributed by atoms with Crippen LogP contribution in [0.15, 0.2) is 42.5 Å². The average molecular weight is 407 g/mol. The van der Waals surface area contributed by atoms with Crippen LogP contribution < -0.4 is 9.47 Å². The van der Waals surface area contributed by atoms with Crippen molar-refractivity contribution in [2.24, 2.45) is 0 Å². The van der Waals surface area contributed by atoms with E-state index in [-0.39, 0.29) is 11.9 Å². The van der Waals surface area contributed by atoms with Gasteiger partial charge in [0.1, 0.15) is 13.2 Å². The zero-order chi connectivity index (χ0) is 20.5. The molecule has 2 saturated heterocycles. The van der Waals surface area contributed by atoms with Crippen LogP contribution in [-0.2, 0) is 4.79 Å². The van der Waals surface area contributed by atoms with Crippen LogP contribution in [0, 0.1) is 6.92 Å². The molecule has 0 radical (unpaired) electrons. The van der Waals surface area contributed by atoms with E-state index in [9.17, 15) is 4.79 Å². The minimum atomic E-state index is 0.133. The van der Waals surface area contributed by atoms with Gasteiger partial charge in [-0.3, -0.25) is 9.69 Å². The van der Waals surface area contributed by atoms with E-state index in [0.717, 1.165) is 55.8 Å². The first-order valence-electron chi connectivity index (χ1n) is 11.2. The Hall–Kier alpha value is -2.53. The van der Waals surface area contributed by atoms with Crippen molar-refractivity contribution in [1.82, 2.24) is 9.80 Å². The van der Waals surface area contributed by atoms with Crippen molar-refractivity contribution >= 4 is 5.91 Å². The van der Waals surface area contributed by atoms with Crippen molar-refractivity contribution in [2.75, 3.05) is 32.8 Å². The Morgan fingerprint density at radius 2 is 1.70 bits per heavy atom. The third kappa shape index (κ3) is 3.79. The molecule has 0 N–H and O–H groups in total. The second kappa shape index (κ2) is 8.31. The van der Waals surface area contributed by atoms with Gasteiger partial charge in [-0.15, -0.1) is 0 Å². The summed E-state index contributed by atoms with van der Waals surface area (Å²) in [7, 11) is 0. The summed E-state index contributed by atoms with van der Waals surface area (Å²) in [6.07, 6.45) is 4.33. The Morgan fingerprint density at radius 1 is 0.933 bits per heavy atom. The third-order valence-electron chi connectivity index (χ3n) is 6.65. The van der Waals surface area contributed by atoms with Crippen LogP contribution in [0.4, 0.5) is 0 Å². The maximum Gasteiger partial charge on any atom is 0.237 e. The van der Waals surface area contributed by atoms with Crippen molar-refractivity contribution in [1.29, 1.82) is 0 Å². The molecule has 158 valence electrons. The van der Waals surface area contributed by atoms with Gasteiger partial charge < -0.3 is 14.4 Å². The quantitative estimate of drug-likeness (QED) is 0.761. The molecule has 0 spiro atoms. The van der Waals surface area contributed by atoms with E-state index < -0.39 is 0 Å². The van der Waals surface area contributed by atoms with Crippen LogP contribution in [-0.4, -0.2) is 48.6 Å². The summed E-state index contributed by atoms with van der Waals surface area (Å²) in [5.41, 5.74) is 3.77. The third-order valence-corrected chi connectivity index (χ3v) is 6.65. The van der Waals surface area contributed by atoms with Crippen LogP contribution >= 0.6 is 0 Å². The first-order chi connectivity index (χ1) is 14.7. The van der Waals surface area contributed by atoms with Crippen LogP contribution in [0.1, 0.15) is 54.5 Å². The number of fused-ring (bicyclic) bond motifs is 1. The molecule has 2 aromatic rings. The van der Waals surface area contributed by atoms with Crippen molar-refractivity contribution in [3.8, 4) is 11.5 Å². The van der Waals surface area contributed by atoms with Crippen LogP contribution in [0.5, 0.6) is 11.5 Å². The van der Waals surface area contributed by atoms with E-state index in [2.05, 4.69) is 53.1 Å². The van der Waals surface area contributed by atoms with E-state index >= 15 is 0 Å². The lowest BCUT2D eigenvalue weighted by Crippen LogP contribution is -2.39. The topological polar surface area (TPSA) is 42.0 Å². The molecule has 2 aromatic carbocycles. The van der Waals surface area contributed by atoms with Crippen LogP contribution in [0.3, 0.4) is 0 Å². The molecule has 5 rings (SSSR count). The van der Waals surface area contributed by atoms with Gasteiger partial charge in [0.15, 0.2) is 11.5 Å². The van der Waals surface area contributed by atoms with Gasteiger partial charge in [-0.2, -0.15) is 0 Å². The lowest BCUT2D eigenvalue weighted by molar-refractivity contribution is -0.133. The molecule has 0 saturated carbocycles. The second-order valence-corrected chi connectivity index (χ2v) is 8.69. The maximum absolute atomic E-state index is 13.3. The number of aryl methyl sites for hydroxylation is 1. The number of benzene rings is 2. The van der Waals surface area contributed by atoms with E-state index in [1.165, 1.54) is 11.1 Å². The molecule has 2 fully saturated rings. The van der Waals surface area contributed by atoms with Gasteiger partial charge in [-0.25, -0.2) is 0 Å². The predicted octanol–water partition coefficient (Wildman–Crippen LogP) is 4.27. The molecule has 0 bridgehead atoms. The molecule has 2 atom stereocenters. The van der Waals surface area contributed by atoms with E-state index in [4.69, 9.17) is 9.47 Å². The Morgan fingerprint density at radius 3 is 2.57 bits per heavy atom. The fourth-order valence-electron chi connectivity index (χ4n) is 5.21. The van der Waals surface area contributed by atoms with Gasteiger partial charge in [-0.05, 0) is 62.4 Å². The zero-order valence-corrected chi connectivity index (χ0v) is 17.7. The summed E-state index contributed by atoms with van der Waals surface area (Å²) >= 11 is 0. The van der Waals surface area contributed by atoms with E-state index in [1.807, 2.05) is 6.07 Å². The normalized spacial score (nSPS) is 23.7. The molecule has 3 heterocycles. The highest BCUT2D eigenvalue weighted by Crippen LogP contribution is 2.39. The standard InChI is InChI=1S/C25H30N2O3/c1-18-5-2-6-19(15-18)21-7-3-11-26(21)17-25(28)27-12-4-8-22(27)20-9-10-23-24(16-20)30-14-13-29-23/h2,5-6,9-10,15-16,21-22H,3-4,7-8,11-14,17H2,1H3. The first-order valence-corrected chi connectivity index (χ1v) is 11.2. The smallest absolute Gasteiger partial charge is 0.237 e. The molecule has 1 amide bonds. The summed E-state index contributed by atoms with van der Waals surface area (Å²) in [6, 6.07) is 15.4. The number of rotatable bonds is 4. The summed E-state index contributed by atoms with van der Waals surface area (Å²) < 4.78 is 11.4. The highest BCUT2D eigenvalue weighted by Gasteiger charge is 2.34. The molecule has 30 heavy (non-hydrogen) atoms. The monoisotopic (exact) mass is 406 g/mol. The molecular weight excluding hydrogens is 376 g/mol. The maximum atomic E-state index is 13.3. The molecule has 5 heteroatoms. The molecule has 0 aromatic heterocycles. The van der Waals surface area contributed by atoms with Crippen LogP contribution in [0.25, 0.3) is 0 Å². The zero-order valence-electron chi connectivity index (χ0n) is 17.7.